The molecule has 2 N–H and O–H groups in total. The Morgan fingerprint density at radius 1 is 1.75 bits per heavy atom. The van der Waals surface area contributed by atoms with Crippen LogP contribution in [-0.4, -0.2) is 34.3 Å². The zero-order valence-corrected chi connectivity index (χ0v) is 6.36. The van der Waals surface area contributed by atoms with E-state index in [1.807, 2.05) is 0 Å². The number of carboxylic acids is 1. The molecule has 0 amide bonds. The number of hydrogen-bond donors (Lipinski definition) is 2. The fraction of sp³-hybridized carbons (Fsp3) is 0.500. The predicted octanol–water partition coefficient (Wildman–Crippen LogP) is -0.714. The summed E-state index contributed by atoms with van der Waals surface area (Å²) in [5.74, 6) is -0.367. The Labute approximate surface area is 68.6 Å². The molecular weight excluding hydrogens is 162 g/mol. The summed E-state index contributed by atoms with van der Waals surface area (Å²) in [6.07, 6.45) is 1.86. The third-order valence-electron chi connectivity index (χ3n) is 1.20. The molecule has 0 bridgehead atoms. The molecule has 0 radical (unpaired) electrons. The van der Waals surface area contributed by atoms with Crippen LogP contribution in [0.5, 0.6) is 0 Å². The van der Waals surface area contributed by atoms with Crippen LogP contribution in [0.3, 0.4) is 0 Å². The lowest BCUT2D eigenvalue weighted by Crippen LogP contribution is -2.24. The van der Waals surface area contributed by atoms with E-state index in [0.717, 1.165) is 0 Å². The Balaban J connectivity index is 2.07. The van der Waals surface area contributed by atoms with E-state index < -0.39 is 5.97 Å². The number of carboxylic acid groups (broad SMARTS) is 1. The van der Waals surface area contributed by atoms with Crippen LogP contribution >= 0.6 is 0 Å². The minimum atomic E-state index is -0.875. The van der Waals surface area contributed by atoms with Crippen LogP contribution in [0.2, 0.25) is 0 Å². The summed E-state index contributed by atoms with van der Waals surface area (Å²) in [7, 11) is 0. The van der Waals surface area contributed by atoms with Gasteiger partial charge >= 0.3 is 5.97 Å². The van der Waals surface area contributed by atoms with E-state index in [9.17, 15) is 4.79 Å². The molecule has 0 saturated carbocycles. The summed E-state index contributed by atoms with van der Waals surface area (Å²) in [5.41, 5.74) is 0. The lowest BCUT2D eigenvalue weighted by atomic mass is 10.4. The molecule has 1 aromatic rings. The fourth-order valence-electron chi connectivity index (χ4n) is 0.697. The zero-order valence-electron chi connectivity index (χ0n) is 6.36. The van der Waals surface area contributed by atoms with E-state index in [-0.39, 0.29) is 6.54 Å². The van der Waals surface area contributed by atoms with Crippen molar-refractivity contribution in [3.63, 3.8) is 0 Å². The molecule has 1 aromatic heterocycles. The quantitative estimate of drug-likeness (QED) is 0.569. The smallest absolute Gasteiger partial charge is 0.317 e. The van der Waals surface area contributed by atoms with Gasteiger partial charge in [0.1, 0.15) is 0 Å². The van der Waals surface area contributed by atoms with Crippen molar-refractivity contribution >= 4 is 5.97 Å². The van der Waals surface area contributed by atoms with Gasteiger partial charge in [0, 0.05) is 13.0 Å². The fourth-order valence-corrected chi connectivity index (χ4v) is 0.697. The molecule has 0 aliphatic rings. The van der Waals surface area contributed by atoms with Gasteiger partial charge in [0.25, 0.3) is 0 Å². The lowest BCUT2D eigenvalue weighted by molar-refractivity contribution is -0.135. The monoisotopic (exact) mass is 171 g/mol. The van der Waals surface area contributed by atoms with Crippen LogP contribution in [-0.2, 0) is 11.2 Å². The molecule has 66 valence electrons. The predicted molar refractivity (Wildman–Crippen MR) is 38.5 cm³/mol. The van der Waals surface area contributed by atoms with E-state index >= 15 is 0 Å². The van der Waals surface area contributed by atoms with Crippen molar-refractivity contribution in [1.29, 1.82) is 0 Å². The Morgan fingerprint density at radius 2 is 2.58 bits per heavy atom. The molecule has 12 heavy (non-hydrogen) atoms. The number of nitrogens with one attached hydrogen (secondary N) is 1. The average Bonchev–Trinajstić information content (AvgIpc) is 2.49. The molecular formula is C6H9N3O3. The second-order valence-electron chi connectivity index (χ2n) is 2.16. The standard InChI is InChI=1S/C6H9N3O3/c10-6(11)3-7-2-1-5-8-4-9-12-5/h4,7H,1-3H2,(H,10,11). The van der Waals surface area contributed by atoms with Gasteiger partial charge in [0.2, 0.25) is 5.89 Å². The van der Waals surface area contributed by atoms with Gasteiger partial charge in [-0.25, -0.2) is 0 Å². The van der Waals surface area contributed by atoms with Crippen LogP contribution in [0.15, 0.2) is 10.9 Å². The minimum absolute atomic E-state index is 0.0475. The van der Waals surface area contributed by atoms with Crippen LogP contribution in [0.4, 0.5) is 0 Å². The second-order valence-corrected chi connectivity index (χ2v) is 2.16. The van der Waals surface area contributed by atoms with Gasteiger partial charge < -0.3 is 14.9 Å². The largest absolute Gasteiger partial charge is 0.480 e. The van der Waals surface area contributed by atoms with Crippen molar-refractivity contribution in [1.82, 2.24) is 15.5 Å². The normalized spacial score (nSPS) is 10.0. The Bertz CT molecular complexity index is 234. The molecule has 0 spiro atoms. The molecule has 1 rings (SSSR count). The minimum Gasteiger partial charge on any atom is -0.480 e. The highest BCUT2D eigenvalue weighted by Crippen LogP contribution is 1.89. The first-order chi connectivity index (χ1) is 5.79. The van der Waals surface area contributed by atoms with Gasteiger partial charge in [0.15, 0.2) is 6.33 Å². The van der Waals surface area contributed by atoms with Crippen molar-refractivity contribution in [3.8, 4) is 0 Å². The average molecular weight is 171 g/mol. The Morgan fingerprint density at radius 3 is 3.17 bits per heavy atom. The number of nitrogens with zero attached hydrogens (tertiary/aromatic N) is 2. The van der Waals surface area contributed by atoms with Gasteiger partial charge in [-0.1, -0.05) is 5.16 Å². The second kappa shape index (κ2) is 4.45. The summed E-state index contributed by atoms with van der Waals surface area (Å²) in [6, 6.07) is 0. The molecule has 0 aromatic carbocycles. The van der Waals surface area contributed by atoms with Gasteiger partial charge in [-0.05, 0) is 0 Å². The topological polar surface area (TPSA) is 88.2 Å². The van der Waals surface area contributed by atoms with Crippen LogP contribution in [0, 0.1) is 0 Å². The maximum atomic E-state index is 10.0. The Kier molecular flexibility index (Phi) is 3.21. The van der Waals surface area contributed by atoms with E-state index in [4.69, 9.17) is 9.63 Å². The Hall–Kier alpha value is -1.43. The van der Waals surface area contributed by atoms with Gasteiger partial charge in [-0.2, -0.15) is 4.98 Å². The van der Waals surface area contributed by atoms with Crippen molar-refractivity contribution < 1.29 is 14.4 Å². The van der Waals surface area contributed by atoms with Gasteiger partial charge in [-0.15, -0.1) is 0 Å². The first-order valence-electron chi connectivity index (χ1n) is 3.47. The van der Waals surface area contributed by atoms with Crippen LogP contribution in [0.1, 0.15) is 5.89 Å². The van der Waals surface area contributed by atoms with Crippen LogP contribution < -0.4 is 5.32 Å². The summed E-state index contributed by atoms with van der Waals surface area (Å²) in [6.45, 7) is 0.475. The third kappa shape index (κ3) is 3.11. The van der Waals surface area contributed by atoms with E-state index in [1.54, 1.807) is 0 Å². The maximum absolute atomic E-state index is 10.0. The summed E-state index contributed by atoms with van der Waals surface area (Å²) in [4.78, 5) is 13.8. The molecule has 0 atom stereocenters. The molecule has 0 aliphatic heterocycles. The number of carbonyl (C=O) groups is 1. The summed E-state index contributed by atoms with van der Waals surface area (Å²) < 4.78 is 4.69. The number of rotatable bonds is 5. The zero-order chi connectivity index (χ0) is 8.81. The van der Waals surface area contributed by atoms with Gasteiger partial charge in [-0.3, -0.25) is 4.79 Å². The molecule has 6 heteroatoms. The number of hydrogen-bond acceptors (Lipinski definition) is 5. The van der Waals surface area contributed by atoms with Crippen molar-refractivity contribution in [3.05, 3.63) is 12.2 Å². The molecule has 0 aliphatic carbocycles. The summed E-state index contributed by atoms with van der Waals surface area (Å²) in [5, 5.41) is 14.4. The first-order valence-corrected chi connectivity index (χ1v) is 3.47. The van der Waals surface area contributed by atoms with E-state index in [2.05, 4.69) is 15.5 Å². The highest BCUT2D eigenvalue weighted by atomic mass is 16.5. The molecule has 0 saturated heterocycles. The molecule has 6 nitrogen and oxygen atoms in total. The highest BCUT2D eigenvalue weighted by Gasteiger charge is 1.99. The number of aromatic nitrogens is 2. The van der Waals surface area contributed by atoms with Crippen molar-refractivity contribution in [2.45, 2.75) is 6.42 Å². The lowest BCUT2D eigenvalue weighted by Gasteiger charge is -1.96. The van der Waals surface area contributed by atoms with E-state index in [1.165, 1.54) is 6.33 Å². The van der Waals surface area contributed by atoms with Gasteiger partial charge in [0.05, 0.1) is 6.54 Å². The molecule has 1 heterocycles. The van der Waals surface area contributed by atoms with E-state index in [0.29, 0.717) is 18.9 Å². The SMILES string of the molecule is O=C(O)CNCCc1ncno1. The maximum Gasteiger partial charge on any atom is 0.317 e. The first kappa shape index (κ1) is 8.66. The molecule has 0 fully saturated rings. The highest BCUT2D eigenvalue weighted by molar-refractivity contribution is 5.68. The summed E-state index contributed by atoms with van der Waals surface area (Å²) >= 11 is 0. The van der Waals surface area contributed by atoms with Crippen LogP contribution in [0.25, 0.3) is 0 Å². The van der Waals surface area contributed by atoms with Crippen molar-refractivity contribution in [2.75, 3.05) is 13.1 Å². The molecule has 0 unspecified atom stereocenters. The third-order valence-corrected chi connectivity index (χ3v) is 1.20. The number of aliphatic carboxylic acids is 1. The van der Waals surface area contributed by atoms with Crippen molar-refractivity contribution in [2.24, 2.45) is 0 Å².